The number of halogens is 2. The van der Waals surface area contributed by atoms with E-state index in [-0.39, 0.29) is 10.8 Å². The third-order valence-electron chi connectivity index (χ3n) is 1.69. The first-order chi connectivity index (χ1) is 5.84. The lowest BCUT2D eigenvalue weighted by molar-refractivity contribution is 0.522. The second-order valence-electron chi connectivity index (χ2n) is 3.87. The molecule has 0 aliphatic carbocycles. The number of anilines is 1. The second kappa shape index (κ2) is 3.14. The number of hydrogen-bond acceptors (Lipinski definition) is 2. The molecule has 2 nitrogen and oxygen atoms in total. The lowest BCUT2D eigenvalue weighted by Gasteiger charge is -2.21. The van der Waals surface area contributed by atoms with E-state index in [0.29, 0.717) is 5.56 Å². The predicted octanol–water partition coefficient (Wildman–Crippen LogP) is 2.55. The Kier molecular flexibility index (Phi) is 2.48. The lowest BCUT2D eigenvalue weighted by Crippen LogP contribution is -2.17. The van der Waals surface area contributed by atoms with E-state index in [1.54, 1.807) is 0 Å². The van der Waals surface area contributed by atoms with Gasteiger partial charge in [-0.3, -0.25) is 0 Å². The van der Waals surface area contributed by atoms with Gasteiger partial charge in [-0.1, -0.05) is 32.4 Å². The maximum atomic E-state index is 13.5. The first kappa shape index (κ1) is 10.3. The summed E-state index contributed by atoms with van der Waals surface area (Å²) >= 11 is 5.52. The molecular weight excluding hydrogens is 191 g/mol. The van der Waals surface area contributed by atoms with Crippen molar-refractivity contribution in [2.24, 2.45) is 0 Å². The van der Waals surface area contributed by atoms with E-state index in [2.05, 4.69) is 11.2 Å². The number of rotatable bonds is 0. The Morgan fingerprint density at radius 3 is 2.38 bits per heavy atom. The first-order valence-corrected chi connectivity index (χ1v) is 4.24. The molecule has 0 aliphatic heterocycles. The van der Waals surface area contributed by atoms with Crippen LogP contribution in [0.1, 0.15) is 26.3 Å². The number of nitrogens with zero attached hydrogens (tertiary/aromatic N) is 1. The summed E-state index contributed by atoms with van der Waals surface area (Å²) in [5.41, 5.74) is 5.75. The second-order valence-corrected chi connectivity index (χ2v) is 4.23. The zero-order chi connectivity index (χ0) is 10.2. The van der Waals surface area contributed by atoms with Gasteiger partial charge in [-0.25, -0.2) is 9.37 Å². The Labute approximate surface area is 81.9 Å². The fourth-order valence-corrected chi connectivity index (χ4v) is 1.31. The predicted molar refractivity (Wildman–Crippen MR) is 51.2 cm³/mol. The van der Waals surface area contributed by atoms with Crippen LogP contribution in [0.25, 0.3) is 0 Å². The Balaban J connectivity index is 3.43. The summed E-state index contributed by atoms with van der Waals surface area (Å²) in [5.74, 6) is -0.551. The number of nitrogen functional groups attached to an aromatic ring is 1. The molecule has 0 unspecified atom stereocenters. The van der Waals surface area contributed by atoms with Crippen LogP contribution in [-0.4, -0.2) is 4.98 Å². The molecule has 1 heterocycles. The van der Waals surface area contributed by atoms with Crippen LogP contribution >= 0.6 is 11.6 Å². The van der Waals surface area contributed by atoms with Crippen LogP contribution in [0.3, 0.4) is 0 Å². The van der Waals surface area contributed by atoms with Gasteiger partial charge in [0.1, 0.15) is 6.20 Å². The van der Waals surface area contributed by atoms with Crippen LogP contribution in [0.2, 0.25) is 5.15 Å². The topological polar surface area (TPSA) is 38.9 Å². The van der Waals surface area contributed by atoms with Gasteiger partial charge < -0.3 is 5.73 Å². The molecular formula is C9H11ClFN2. The molecule has 0 saturated carbocycles. The molecule has 0 spiro atoms. The first-order valence-electron chi connectivity index (χ1n) is 3.86. The van der Waals surface area contributed by atoms with Crippen LogP contribution in [-0.2, 0) is 5.41 Å². The standard InChI is InChI=1S/C9H11ClFN2/c1-9(2,3)6-5(12)4-13-8(10)7(6)11/h12H2,1-3H3. The number of nitrogens with two attached hydrogens (primary N) is 1. The van der Waals surface area contributed by atoms with Gasteiger partial charge in [0.2, 0.25) is 0 Å². The highest BCUT2D eigenvalue weighted by Crippen LogP contribution is 2.31. The molecule has 0 amide bonds. The molecule has 4 heteroatoms. The number of pyridine rings is 1. The molecule has 0 bridgehead atoms. The van der Waals surface area contributed by atoms with E-state index < -0.39 is 11.2 Å². The molecule has 0 saturated heterocycles. The van der Waals surface area contributed by atoms with Crippen LogP contribution < -0.4 is 5.73 Å². The minimum atomic E-state index is -0.551. The Morgan fingerprint density at radius 1 is 1.46 bits per heavy atom. The van der Waals surface area contributed by atoms with Gasteiger partial charge in [-0.15, -0.1) is 0 Å². The van der Waals surface area contributed by atoms with E-state index in [0.717, 1.165) is 0 Å². The van der Waals surface area contributed by atoms with Gasteiger partial charge in [0.25, 0.3) is 0 Å². The van der Waals surface area contributed by atoms with Crippen molar-refractivity contribution in [2.75, 3.05) is 5.73 Å². The molecule has 1 aromatic rings. The van der Waals surface area contributed by atoms with Crippen molar-refractivity contribution in [3.8, 4) is 0 Å². The van der Waals surface area contributed by atoms with Crippen LogP contribution in [0, 0.1) is 12.0 Å². The Morgan fingerprint density at radius 2 is 2.00 bits per heavy atom. The molecule has 13 heavy (non-hydrogen) atoms. The zero-order valence-electron chi connectivity index (χ0n) is 7.78. The van der Waals surface area contributed by atoms with E-state index in [1.165, 1.54) is 0 Å². The summed E-state index contributed by atoms with van der Waals surface area (Å²) in [6.45, 7) is 5.56. The van der Waals surface area contributed by atoms with Crippen molar-refractivity contribution in [1.29, 1.82) is 0 Å². The summed E-state index contributed by atoms with van der Waals surface area (Å²) in [6.07, 6.45) is 2.47. The smallest absolute Gasteiger partial charge is 0.166 e. The molecule has 0 aromatic carbocycles. The molecule has 71 valence electrons. The fraction of sp³-hybridized carbons (Fsp3) is 0.444. The largest absolute Gasteiger partial charge is 0.397 e. The SMILES string of the molecule is CC(C)(C)c1c(N)[c]nc(Cl)c1F. The molecule has 0 fully saturated rings. The number of hydrogen-bond donors (Lipinski definition) is 1. The van der Waals surface area contributed by atoms with Crippen molar-refractivity contribution < 1.29 is 4.39 Å². The van der Waals surface area contributed by atoms with Crippen LogP contribution in [0.15, 0.2) is 0 Å². The minimum absolute atomic E-state index is 0.181. The highest BCUT2D eigenvalue weighted by atomic mass is 35.5. The van der Waals surface area contributed by atoms with Gasteiger partial charge in [-0.2, -0.15) is 0 Å². The average Bonchev–Trinajstić information content (AvgIpc) is 1.95. The maximum absolute atomic E-state index is 13.5. The van der Waals surface area contributed by atoms with E-state index >= 15 is 0 Å². The molecule has 0 aliphatic rings. The molecule has 2 N–H and O–H groups in total. The highest BCUT2D eigenvalue weighted by molar-refractivity contribution is 6.29. The van der Waals surface area contributed by atoms with Gasteiger partial charge in [0.15, 0.2) is 11.0 Å². The Bertz CT molecular complexity index is 331. The summed E-state index contributed by atoms with van der Waals surface area (Å²) in [4.78, 5) is 3.49. The van der Waals surface area contributed by atoms with Crippen LogP contribution in [0.5, 0.6) is 0 Å². The third kappa shape index (κ3) is 1.91. The van der Waals surface area contributed by atoms with Gasteiger partial charge in [0.05, 0.1) is 5.69 Å². The Hall–Kier alpha value is -0.830. The van der Waals surface area contributed by atoms with E-state index in [4.69, 9.17) is 17.3 Å². The molecule has 1 aromatic heterocycles. The van der Waals surface area contributed by atoms with Crippen molar-refractivity contribution in [3.63, 3.8) is 0 Å². The van der Waals surface area contributed by atoms with Crippen LogP contribution in [0.4, 0.5) is 10.1 Å². The molecule has 0 atom stereocenters. The van der Waals surface area contributed by atoms with Gasteiger partial charge >= 0.3 is 0 Å². The molecule has 1 radical (unpaired) electrons. The van der Waals surface area contributed by atoms with Crippen molar-refractivity contribution in [1.82, 2.24) is 4.98 Å². The van der Waals surface area contributed by atoms with Crippen molar-refractivity contribution in [2.45, 2.75) is 26.2 Å². The minimum Gasteiger partial charge on any atom is -0.397 e. The normalized spacial score (nSPS) is 11.8. The lowest BCUT2D eigenvalue weighted by atomic mass is 9.86. The van der Waals surface area contributed by atoms with Gasteiger partial charge in [-0.05, 0) is 5.41 Å². The summed E-state index contributed by atoms with van der Waals surface area (Å²) in [5, 5.41) is -0.181. The maximum Gasteiger partial charge on any atom is 0.166 e. The average molecular weight is 202 g/mol. The monoisotopic (exact) mass is 201 g/mol. The van der Waals surface area contributed by atoms with Crippen molar-refractivity contribution in [3.05, 3.63) is 22.7 Å². The summed E-state index contributed by atoms with van der Waals surface area (Å²) in [6, 6.07) is 0. The van der Waals surface area contributed by atoms with E-state index in [1.807, 2.05) is 20.8 Å². The highest BCUT2D eigenvalue weighted by Gasteiger charge is 2.24. The van der Waals surface area contributed by atoms with E-state index in [9.17, 15) is 4.39 Å². The fourth-order valence-electron chi connectivity index (χ4n) is 1.17. The summed E-state index contributed by atoms with van der Waals surface area (Å²) < 4.78 is 13.5. The zero-order valence-corrected chi connectivity index (χ0v) is 8.54. The van der Waals surface area contributed by atoms with Gasteiger partial charge in [0, 0.05) is 5.56 Å². The summed E-state index contributed by atoms with van der Waals surface area (Å²) in [7, 11) is 0. The quantitative estimate of drug-likeness (QED) is 0.656. The number of aromatic nitrogens is 1. The third-order valence-corrected chi connectivity index (χ3v) is 1.94. The van der Waals surface area contributed by atoms with Crippen molar-refractivity contribution >= 4 is 17.3 Å². The molecule has 1 rings (SSSR count).